The van der Waals surface area contributed by atoms with Crippen molar-refractivity contribution in [2.75, 3.05) is 41.0 Å². The van der Waals surface area contributed by atoms with Gasteiger partial charge in [-0.1, -0.05) is 131 Å². The third-order valence-electron chi connectivity index (χ3n) is 9.04. The number of aliphatic carboxylic acids is 1. The monoisotopic (exact) mass is 783 g/mol. The number of rotatable bonds is 37. The molecule has 0 rings (SSSR count). The van der Waals surface area contributed by atoms with Gasteiger partial charge in [-0.05, 0) is 83.5 Å². The molecule has 2 atom stereocenters. The highest BCUT2D eigenvalue weighted by Crippen LogP contribution is 2.13. The minimum Gasteiger partial charge on any atom is -0.477 e. The molecular formula is C48H80NO7+. The third-order valence-corrected chi connectivity index (χ3v) is 9.04. The maximum absolute atomic E-state index is 12.7. The number of nitrogens with zero attached hydrogens (tertiary/aromatic N) is 1. The van der Waals surface area contributed by atoms with E-state index in [1.54, 1.807) is 0 Å². The van der Waals surface area contributed by atoms with Crippen LogP contribution in [-0.2, 0) is 28.6 Å². The molecule has 0 heterocycles. The van der Waals surface area contributed by atoms with E-state index < -0.39 is 18.1 Å². The second-order valence-corrected chi connectivity index (χ2v) is 15.2. The number of esters is 2. The zero-order valence-corrected chi connectivity index (χ0v) is 36.1. The van der Waals surface area contributed by atoms with E-state index in [9.17, 15) is 19.5 Å². The maximum atomic E-state index is 12.7. The molecule has 0 bridgehead atoms. The summed E-state index contributed by atoms with van der Waals surface area (Å²) < 4.78 is 17.2. The molecule has 8 nitrogen and oxygen atoms in total. The molecule has 2 unspecified atom stereocenters. The van der Waals surface area contributed by atoms with Crippen molar-refractivity contribution >= 4 is 17.9 Å². The van der Waals surface area contributed by atoms with Gasteiger partial charge in [-0.25, -0.2) is 4.79 Å². The van der Waals surface area contributed by atoms with Gasteiger partial charge < -0.3 is 23.8 Å². The molecule has 0 fully saturated rings. The predicted molar refractivity (Wildman–Crippen MR) is 233 cm³/mol. The first kappa shape index (κ1) is 52.5. The molecule has 8 heteroatoms. The fourth-order valence-electron chi connectivity index (χ4n) is 5.74. The van der Waals surface area contributed by atoms with Gasteiger partial charge in [-0.2, -0.15) is 0 Å². The molecule has 0 saturated carbocycles. The smallest absolute Gasteiger partial charge is 0.362 e. The van der Waals surface area contributed by atoms with Crippen molar-refractivity contribution in [3.63, 3.8) is 0 Å². The van der Waals surface area contributed by atoms with Gasteiger partial charge in [0, 0.05) is 19.3 Å². The lowest BCUT2D eigenvalue weighted by atomic mass is 10.1. The largest absolute Gasteiger partial charge is 0.477 e. The van der Waals surface area contributed by atoms with Crippen molar-refractivity contribution in [3.8, 4) is 0 Å². The van der Waals surface area contributed by atoms with Gasteiger partial charge in [-0.3, -0.25) is 9.59 Å². The van der Waals surface area contributed by atoms with E-state index in [4.69, 9.17) is 14.2 Å². The Morgan fingerprint density at radius 3 is 1.43 bits per heavy atom. The first-order valence-corrected chi connectivity index (χ1v) is 21.6. The van der Waals surface area contributed by atoms with E-state index in [2.05, 4.69) is 98.9 Å². The number of hydrogen-bond donors (Lipinski definition) is 1. The van der Waals surface area contributed by atoms with E-state index in [-0.39, 0.29) is 42.7 Å². The van der Waals surface area contributed by atoms with Crippen LogP contribution >= 0.6 is 0 Å². The fraction of sp³-hybridized carbons (Fsp3) is 0.646. The van der Waals surface area contributed by atoms with Crippen LogP contribution in [0, 0.1) is 0 Å². The van der Waals surface area contributed by atoms with Crippen LogP contribution in [0.3, 0.4) is 0 Å². The second kappa shape index (κ2) is 38.4. The first-order chi connectivity index (χ1) is 27.1. The summed E-state index contributed by atoms with van der Waals surface area (Å²) >= 11 is 0. The number of carbonyl (C=O) groups excluding carboxylic acids is 2. The van der Waals surface area contributed by atoms with Crippen LogP contribution in [0.2, 0.25) is 0 Å². The van der Waals surface area contributed by atoms with Gasteiger partial charge in [-0.15, -0.1) is 0 Å². The van der Waals surface area contributed by atoms with Gasteiger partial charge in [0.25, 0.3) is 0 Å². The van der Waals surface area contributed by atoms with Crippen LogP contribution in [0.1, 0.15) is 149 Å². The summed E-state index contributed by atoms with van der Waals surface area (Å²) in [5.74, 6) is -1.55. The normalized spacial score (nSPS) is 13.8. The van der Waals surface area contributed by atoms with Gasteiger partial charge in [0.15, 0.2) is 12.1 Å². The van der Waals surface area contributed by atoms with Crippen LogP contribution in [0.15, 0.2) is 85.1 Å². The van der Waals surface area contributed by atoms with Crippen molar-refractivity contribution in [1.29, 1.82) is 0 Å². The summed E-state index contributed by atoms with van der Waals surface area (Å²) in [7, 11) is 5.50. The molecule has 0 aromatic heterocycles. The number of unbranched alkanes of at least 4 members (excludes halogenated alkanes) is 9. The average molecular weight is 783 g/mol. The average Bonchev–Trinajstić information content (AvgIpc) is 3.15. The molecule has 0 aromatic rings. The number of hydrogen-bond acceptors (Lipinski definition) is 6. The molecule has 0 aliphatic carbocycles. The lowest BCUT2D eigenvalue weighted by Crippen LogP contribution is -2.50. The Bertz CT molecular complexity index is 1190. The molecule has 318 valence electrons. The Labute approximate surface area is 342 Å². The third kappa shape index (κ3) is 36.2. The Morgan fingerprint density at radius 2 is 0.946 bits per heavy atom. The van der Waals surface area contributed by atoms with Crippen LogP contribution in [-0.4, -0.2) is 80.6 Å². The van der Waals surface area contributed by atoms with Gasteiger partial charge in [0.2, 0.25) is 0 Å². The predicted octanol–water partition coefficient (Wildman–Crippen LogP) is 11.7. The van der Waals surface area contributed by atoms with Gasteiger partial charge >= 0.3 is 17.9 Å². The molecule has 56 heavy (non-hydrogen) atoms. The molecule has 0 spiro atoms. The van der Waals surface area contributed by atoms with E-state index in [1.165, 1.54) is 25.7 Å². The van der Waals surface area contributed by atoms with Crippen molar-refractivity contribution < 1.29 is 38.2 Å². The number of ether oxygens (including phenoxy) is 3. The van der Waals surface area contributed by atoms with Crippen molar-refractivity contribution in [2.24, 2.45) is 0 Å². The van der Waals surface area contributed by atoms with Gasteiger partial charge in [0.1, 0.15) is 6.61 Å². The summed E-state index contributed by atoms with van der Waals surface area (Å²) in [6.45, 7) is 4.43. The number of carboxylic acid groups (broad SMARTS) is 1. The Balaban J connectivity index is 4.38. The van der Waals surface area contributed by atoms with E-state index in [0.29, 0.717) is 19.3 Å². The lowest BCUT2D eigenvalue weighted by Gasteiger charge is -2.31. The van der Waals surface area contributed by atoms with Crippen molar-refractivity contribution in [3.05, 3.63) is 85.1 Å². The summed E-state index contributed by atoms with van der Waals surface area (Å²) in [4.78, 5) is 36.9. The standard InChI is InChI=1S/C48H79NO7/c1-6-8-10-12-14-16-18-20-21-22-23-24-25-26-27-29-30-32-34-36-38-46(50)55-43-44(42-54-41-40-45(48(52)53)49(3,4)5)56-47(51)39-37-35-33-31-28-19-17-15-13-11-9-7-2/h8-11,14-17,20-21,23-24,28,31,44-45H,6-7,12-13,18-19,22,25-27,29-30,32-43H2,1-5H3/p+1/b10-8+,11-9+,16-14+,17-15+,21-20+,24-23+,31-28+. The molecule has 0 aliphatic heterocycles. The zero-order chi connectivity index (χ0) is 41.4. The minimum atomic E-state index is -0.887. The molecule has 1 N–H and O–H groups in total. The number of likely N-dealkylation sites (N-methyl/N-ethyl adjacent to an activating group) is 1. The number of carboxylic acids is 1. The Morgan fingerprint density at radius 1 is 0.536 bits per heavy atom. The summed E-state index contributed by atoms with van der Waals surface area (Å²) in [6, 6.07) is -0.627. The Kier molecular flexibility index (Phi) is 36.0. The van der Waals surface area contributed by atoms with Crippen molar-refractivity contribution in [2.45, 2.75) is 161 Å². The van der Waals surface area contributed by atoms with E-state index in [0.717, 1.165) is 83.5 Å². The zero-order valence-electron chi connectivity index (χ0n) is 36.1. The number of carbonyl (C=O) groups is 3. The van der Waals surface area contributed by atoms with Crippen LogP contribution < -0.4 is 0 Å². The highest BCUT2D eigenvalue weighted by molar-refractivity contribution is 5.72. The van der Waals surface area contributed by atoms with Gasteiger partial charge in [0.05, 0.1) is 34.4 Å². The maximum Gasteiger partial charge on any atom is 0.362 e. The quantitative estimate of drug-likeness (QED) is 0.0290. The SMILES string of the molecule is CC/C=C/C/C=C/C/C=C/C/C=C/CCCCCCCCCC(=O)OCC(COCCC(C(=O)O)[N+](C)(C)C)OC(=O)CCCC/C=C/C/C=C/C/C=C/CC. The van der Waals surface area contributed by atoms with Crippen LogP contribution in [0.25, 0.3) is 0 Å². The Hall–Kier alpha value is -3.49. The topological polar surface area (TPSA) is 99.1 Å². The first-order valence-electron chi connectivity index (χ1n) is 21.6. The lowest BCUT2D eigenvalue weighted by molar-refractivity contribution is -0.887. The second-order valence-electron chi connectivity index (χ2n) is 15.2. The fourth-order valence-corrected chi connectivity index (χ4v) is 5.74. The molecule has 0 amide bonds. The minimum absolute atomic E-state index is 0.0370. The van der Waals surface area contributed by atoms with E-state index in [1.807, 2.05) is 21.1 Å². The molecule has 0 saturated heterocycles. The molecular weight excluding hydrogens is 703 g/mol. The van der Waals surface area contributed by atoms with Crippen molar-refractivity contribution in [1.82, 2.24) is 0 Å². The number of quaternary nitrogens is 1. The molecule has 0 aliphatic rings. The summed E-state index contributed by atoms with van der Waals surface area (Å²) in [5.41, 5.74) is 0. The van der Waals surface area contributed by atoms with Crippen LogP contribution in [0.5, 0.6) is 0 Å². The van der Waals surface area contributed by atoms with E-state index >= 15 is 0 Å². The van der Waals surface area contributed by atoms with Crippen LogP contribution in [0.4, 0.5) is 0 Å². The summed E-state index contributed by atoms with van der Waals surface area (Å²) in [6.07, 6.45) is 49.2. The summed E-state index contributed by atoms with van der Waals surface area (Å²) in [5, 5.41) is 9.61. The highest BCUT2D eigenvalue weighted by Gasteiger charge is 2.31. The molecule has 0 radical (unpaired) electrons. The highest BCUT2D eigenvalue weighted by atomic mass is 16.6. The molecule has 0 aromatic carbocycles. The number of allylic oxidation sites excluding steroid dienone is 14.